The fourth-order valence-corrected chi connectivity index (χ4v) is 6.32. The van der Waals surface area contributed by atoms with Gasteiger partial charge in [0.05, 0.1) is 5.52 Å². The van der Waals surface area contributed by atoms with Crippen molar-refractivity contribution < 1.29 is 25.8 Å². The first-order chi connectivity index (χ1) is 25.0. The summed E-state index contributed by atoms with van der Waals surface area (Å²) in [6.07, 6.45) is 2.15. The van der Waals surface area contributed by atoms with Crippen LogP contribution < -0.4 is 0 Å². The van der Waals surface area contributed by atoms with E-state index in [1.54, 1.807) is 42.3 Å². The molecule has 0 N–H and O–H groups in total. The molecule has 0 aliphatic rings. The Hall–Kier alpha value is -3.82. The Balaban J connectivity index is 0.000000886. The Morgan fingerprint density at radius 1 is 0.604 bits per heavy atom. The molecule has 8 heteroatoms. The van der Waals surface area contributed by atoms with E-state index in [1.165, 1.54) is 44.4 Å². The standard InChI is InChI=1S/C39H41N4.3C2H6N.Hf/c1-25(2)30-21-15-22-31(26(3)4)37(30)41-38(34-20-12-11-19-33(34)29-16-9-8-10-17-29)39-40-36(24-42(39)7)43-28(6)27(5)32-18-13-14-23-35(32)43;3*1-3-2;/h8-26,38H,1-7H3;3*1-2H3;/q4*-1;+4. The molecule has 53 heavy (non-hydrogen) atoms. The van der Waals surface area contributed by atoms with Gasteiger partial charge in [-0.05, 0) is 60.0 Å². The van der Waals surface area contributed by atoms with Crippen molar-refractivity contribution in [1.82, 2.24) is 14.1 Å². The van der Waals surface area contributed by atoms with Crippen molar-refractivity contribution in [3.05, 3.63) is 158 Å². The maximum Gasteiger partial charge on any atom is 4.00 e. The van der Waals surface area contributed by atoms with Gasteiger partial charge in [0.15, 0.2) is 5.82 Å². The number of imidazole rings is 1. The van der Waals surface area contributed by atoms with Gasteiger partial charge in [0.1, 0.15) is 5.82 Å². The summed E-state index contributed by atoms with van der Waals surface area (Å²) in [5.41, 5.74) is 10.8. The van der Waals surface area contributed by atoms with Crippen LogP contribution in [0.2, 0.25) is 0 Å². The van der Waals surface area contributed by atoms with E-state index in [1.807, 2.05) is 0 Å². The molecule has 0 saturated heterocycles. The van der Waals surface area contributed by atoms with Crippen molar-refractivity contribution in [2.75, 3.05) is 42.3 Å². The Labute approximate surface area is 338 Å². The van der Waals surface area contributed by atoms with E-state index >= 15 is 0 Å². The third-order valence-electron chi connectivity index (χ3n) is 8.74. The summed E-state index contributed by atoms with van der Waals surface area (Å²) in [5, 5.41) is 17.5. The molecular formula is C45H59HfN7. The summed E-state index contributed by atoms with van der Waals surface area (Å²) in [6, 6.07) is 34.2. The summed E-state index contributed by atoms with van der Waals surface area (Å²) in [6.45, 7) is 13.4. The van der Waals surface area contributed by atoms with Crippen LogP contribution in [0.4, 0.5) is 5.69 Å². The molecule has 7 nitrogen and oxygen atoms in total. The zero-order valence-corrected chi connectivity index (χ0v) is 37.8. The molecule has 278 valence electrons. The zero-order valence-electron chi connectivity index (χ0n) is 34.2. The maximum absolute atomic E-state index is 5.69. The van der Waals surface area contributed by atoms with Gasteiger partial charge >= 0.3 is 25.8 Å². The molecule has 0 bridgehead atoms. The predicted molar refractivity (Wildman–Crippen MR) is 226 cm³/mol. The molecule has 2 heterocycles. The van der Waals surface area contributed by atoms with Gasteiger partial charge in [-0.1, -0.05) is 130 Å². The molecular weight excluding hydrogens is 817 g/mol. The van der Waals surface area contributed by atoms with Crippen molar-refractivity contribution in [3.8, 4) is 16.9 Å². The number of nitrogens with zero attached hydrogens (tertiary/aromatic N) is 7. The van der Waals surface area contributed by atoms with Crippen molar-refractivity contribution in [2.24, 2.45) is 7.05 Å². The molecule has 1 unspecified atom stereocenters. The predicted octanol–water partition coefficient (Wildman–Crippen LogP) is 12.5. The number of hydrogen-bond acceptors (Lipinski definition) is 1. The maximum atomic E-state index is 5.69. The van der Waals surface area contributed by atoms with E-state index < -0.39 is 0 Å². The number of aromatic nitrogens is 3. The van der Waals surface area contributed by atoms with Gasteiger partial charge in [-0.15, -0.1) is 5.69 Å². The van der Waals surface area contributed by atoms with E-state index in [0.717, 1.165) is 22.9 Å². The van der Waals surface area contributed by atoms with E-state index in [4.69, 9.17) is 10.3 Å². The van der Waals surface area contributed by atoms with E-state index in [0.29, 0.717) is 11.8 Å². The van der Waals surface area contributed by atoms with Crippen LogP contribution in [0.15, 0.2) is 103 Å². The van der Waals surface area contributed by atoms with Crippen LogP contribution >= 0.6 is 0 Å². The third kappa shape index (κ3) is 11.1. The fourth-order valence-electron chi connectivity index (χ4n) is 6.32. The first-order valence-corrected chi connectivity index (χ1v) is 18.0. The van der Waals surface area contributed by atoms with Gasteiger partial charge < -0.3 is 25.8 Å². The number of hydrogen-bond donors (Lipinski definition) is 0. The Kier molecular flexibility index (Phi) is 19.2. The smallest absolute Gasteiger partial charge is 0.671 e. The topological polar surface area (TPSA) is 79.2 Å². The fraction of sp³-hybridized carbons (Fsp3) is 0.356. The normalized spacial score (nSPS) is 11.1. The van der Waals surface area contributed by atoms with Crippen molar-refractivity contribution in [2.45, 2.75) is 59.4 Å². The van der Waals surface area contributed by atoms with Crippen LogP contribution in [-0.2, 0) is 32.9 Å². The van der Waals surface area contributed by atoms with Gasteiger partial charge in [-0.3, -0.25) is 4.57 Å². The number of fused-ring (bicyclic) bond motifs is 1. The molecule has 0 aliphatic heterocycles. The summed E-state index contributed by atoms with van der Waals surface area (Å²) in [5.74, 6) is 2.52. The van der Waals surface area contributed by atoms with Gasteiger partial charge in [0, 0.05) is 24.3 Å². The van der Waals surface area contributed by atoms with Crippen LogP contribution in [0.1, 0.15) is 79.3 Å². The first-order valence-electron chi connectivity index (χ1n) is 18.0. The largest absolute Gasteiger partial charge is 4.00 e. The van der Waals surface area contributed by atoms with Crippen molar-refractivity contribution >= 4 is 16.6 Å². The first kappa shape index (κ1) is 45.3. The average Bonchev–Trinajstić information content (AvgIpc) is 3.63. The average molecular weight is 877 g/mol. The Morgan fingerprint density at radius 3 is 1.66 bits per heavy atom. The SMILES string of the molecule is C[N-]C.C[N-]C.C[N-]C.Cc1c(C)n(-c2cn(C)c(C([N-]c3c(C(C)C)cccc3C(C)C)c3ccccc3-c3ccccc3)n2)c2ccccc12.[Hf+4]. The number of rotatable bonds is 8. The minimum Gasteiger partial charge on any atom is -0.671 e. The van der Waals surface area contributed by atoms with E-state index in [2.05, 4.69) is 177 Å². The van der Waals surface area contributed by atoms with E-state index in [-0.39, 0.29) is 31.9 Å². The molecule has 0 radical (unpaired) electrons. The van der Waals surface area contributed by atoms with Gasteiger partial charge in [0.25, 0.3) is 0 Å². The van der Waals surface area contributed by atoms with Gasteiger partial charge in [-0.25, -0.2) is 4.98 Å². The van der Waals surface area contributed by atoms with Crippen LogP contribution in [0.25, 0.3) is 49.1 Å². The summed E-state index contributed by atoms with van der Waals surface area (Å²) in [4.78, 5) is 5.39. The van der Waals surface area contributed by atoms with Crippen molar-refractivity contribution in [1.29, 1.82) is 0 Å². The molecule has 0 amide bonds. The Morgan fingerprint density at radius 2 is 1.09 bits per heavy atom. The van der Waals surface area contributed by atoms with Crippen molar-refractivity contribution in [3.63, 3.8) is 0 Å². The molecule has 4 aromatic carbocycles. The zero-order chi connectivity index (χ0) is 38.4. The minimum absolute atomic E-state index is 0. The number of benzene rings is 4. The summed E-state index contributed by atoms with van der Waals surface area (Å²) < 4.78 is 4.46. The second kappa shape index (κ2) is 22.4. The molecule has 6 rings (SSSR count). The van der Waals surface area contributed by atoms with Crippen LogP contribution in [0, 0.1) is 13.8 Å². The molecule has 0 saturated carbocycles. The summed E-state index contributed by atoms with van der Waals surface area (Å²) >= 11 is 0. The number of para-hydroxylation sites is 2. The van der Waals surface area contributed by atoms with Crippen LogP contribution in [0.3, 0.4) is 0 Å². The molecule has 6 aromatic rings. The molecule has 0 aliphatic carbocycles. The monoisotopic (exact) mass is 877 g/mol. The van der Waals surface area contributed by atoms with Crippen LogP contribution in [-0.4, -0.2) is 56.4 Å². The minimum atomic E-state index is -0.309. The second-order valence-electron chi connectivity index (χ2n) is 13.6. The summed E-state index contributed by atoms with van der Waals surface area (Å²) in [7, 11) is 12.6. The molecule has 1 atom stereocenters. The van der Waals surface area contributed by atoms with Gasteiger partial charge in [-0.2, -0.15) is 42.3 Å². The van der Waals surface area contributed by atoms with Crippen LogP contribution in [0.5, 0.6) is 0 Å². The molecule has 2 aromatic heterocycles. The second-order valence-corrected chi connectivity index (χ2v) is 13.6. The quantitative estimate of drug-likeness (QED) is 0.140. The third-order valence-corrected chi connectivity index (χ3v) is 8.74. The number of aryl methyl sites for hydroxylation is 2. The Bertz CT molecular complexity index is 1930. The van der Waals surface area contributed by atoms with E-state index in [9.17, 15) is 0 Å². The molecule has 0 fully saturated rings. The van der Waals surface area contributed by atoms with Gasteiger partial charge in [0.2, 0.25) is 0 Å². The molecule has 0 spiro atoms.